The van der Waals surface area contributed by atoms with Crippen LogP contribution in [0, 0.1) is 6.92 Å². The first kappa shape index (κ1) is 24.4. The second-order valence-electron chi connectivity index (χ2n) is 7.88. The van der Waals surface area contributed by atoms with E-state index in [1.54, 1.807) is 36.4 Å². The molecule has 36 heavy (non-hydrogen) atoms. The van der Waals surface area contributed by atoms with Crippen LogP contribution in [0.5, 0.6) is 0 Å². The Kier molecular flexibility index (Phi) is 7.87. The number of hydrogen-bond acceptors (Lipinski definition) is 7. The largest absolute Gasteiger partial charge is 0.457 e. The average molecular weight is 485 g/mol. The van der Waals surface area contributed by atoms with E-state index in [1.165, 1.54) is 6.92 Å². The molecular formula is C28H24N2O6. The minimum atomic E-state index is -0.921. The predicted octanol–water partition coefficient (Wildman–Crippen LogP) is 5.09. The number of esters is 2. The third-order valence-electron chi connectivity index (χ3n) is 5.26. The van der Waals surface area contributed by atoms with Crippen molar-refractivity contribution in [3.8, 4) is 0 Å². The van der Waals surface area contributed by atoms with E-state index >= 15 is 0 Å². The van der Waals surface area contributed by atoms with Crippen LogP contribution in [0.25, 0.3) is 0 Å². The van der Waals surface area contributed by atoms with Gasteiger partial charge in [0.1, 0.15) is 25.4 Å². The molecule has 3 aromatic carbocycles. The van der Waals surface area contributed by atoms with Crippen molar-refractivity contribution in [3.05, 3.63) is 125 Å². The Morgan fingerprint density at radius 3 is 1.53 bits per heavy atom. The van der Waals surface area contributed by atoms with Gasteiger partial charge in [-0.1, -0.05) is 91.0 Å². The van der Waals surface area contributed by atoms with Gasteiger partial charge in [-0.15, -0.1) is 0 Å². The molecule has 1 aromatic heterocycles. The van der Waals surface area contributed by atoms with Crippen molar-refractivity contribution in [2.24, 2.45) is 0 Å². The number of nitrogens with zero attached hydrogens (tertiary/aromatic N) is 2. The molecule has 8 heteroatoms. The SMILES string of the molecule is Cc1nn(C(=O)OCc2ccccc2)c(C(=O)OCc2ccccc2)c1C(=O)OCc1ccccc1. The zero-order valence-corrected chi connectivity index (χ0v) is 19.6. The third-order valence-corrected chi connectivity index (χ3v) is 5.26. The molecular weight excluding hydrogens is 460 g/mol. The van der Waals surface area contributed by atoms with Gasteiger partial charge in [-0.2, -0.15) is 9.78 Å². The summed E-state index contributed by atoms with van der Waals surface area (Å²) in [5, 5.41) is 4.12. The first-order chi connectivity index (χ1) is 17.5. The monoisotopic (exact) mass is 484 g/mol. The Labute approximate surface area is 208 Å². The number of aromatic nitrogens is 2. The average Bonchev–Trinajstić information content (AvgIpc) is 3.28. The van der Waals surface area contributed by atoms with Crippen molar-refractivity contribution in [2.45, 2.75) is 26.7 Å². The molecule has 0 aliphatic rings. The molecule has 0 N–H and O–H groups in total. The van der Waals surface area contributed by atoms with Gasteiger partial charge in [-0.05, 0) is 23.6 Å². The third kappa shape index (κ3) is 6.04. The first-order valence-electron chi connectivity index (χ1n) is 11.3. The summed E-state index contributed by atoms with van der Waals surface area (Å²) in [7, 11) is 0. The van der Waals surface area contributed by atoms with E-state index < -0.39 is 18.0 Å². The van der Waals surface area contributed by atoms with Gasteiger partial charge < -0.3 is 14.2 Å². The number of benzene rings is 3. The fourth-order valence-electron chi connectivity index (χ4n) is 3.46. The Morgan fingerprint density at radius 2 is 1.06 bits per heavy atom. The summed E-state index contributed by atoms with van der Waals surface area (Å²) in [6, 6.07) is 27.2. The second kappa shape index (κ2) is 11.6. The van der Waals surface area contributed by atoms with Gasteiger partial charge in [-0.3, -0.25) is 0 Å². The molecule has 0 spiro atoms. The fourth-order valence-corrected chi connectivity index (χ4v) is 3.46. The zero-order valence-electron chi connectivity index (χ0n) is 19.6. The minimum absolute atomic E-state index is 0.0126. The summed E-state index contributed by atoms with van der Waals surface area (Å²) in [6.45, 7) is 1.40. The second-order valence-corrected chi connectivity index (χ2v) is 7.88. The Balaban J connectivity index is 1.58. The molecule has 0 unspecified atom stereocenters. The molecule has 4 rings (SSSR count). The number of rotatable bonds is 8. The van der Waals surface area contributed by atoms with E-state index in [1.807, 2.05) is 54.6 Å². The van der Waals surface area contributed by atoms with Crippen molar-refractivity contribution in [3.63, 3.8) is 0 Å². The van der Waals surface area contributed by atoms with Crippen LogP contribution >= 0.6 is 0 Å². The summed E-state index contributed by atoms with van der Waals surface area (Å²) in [4.78, 5) is 39.1. The van der Waals surface area contributed by atoms with Crippen LogP contribution in [0.2, 0.25) is 0 Å². The molecule has 0 saturated carbocycles. The highest BCUT2D eigenvalue weighted by Crippen LogP contribution is 2.19. The van der Waals surface area contributed by atoms with Crippen LogP contribution in [0.4, 0.5) is 4.79 Å². The highest BCUT2D eigenvalue weighted by molar-refractivity contribution is 6.04. The normalized spacial score (nSPS) is 10.5. The Morgan fingerprint density at radius 1 is 0.639 bits per heavy atom. The summed E-state index contributed by atoms with van der Waals surface area (Å²) in [6.07, 6.45) is -0.921. The summed E-state index contributed by atoms with van der Waals surface area (Å²) in [5.41, 5.74) is 1.90. The number of carbonyl (C=O) groups is 3. The summed E-state index contributed by atoms with van der Waals surface area (Å²) >= 11 is 0. The molecule has 0 aliphatic carbocycles. The van der Waals surface area contributed by atoms with Crippen LogP contribution in [-0.2, 0) is 34.0 Å². The minimum Gasteiger partial charge on any atom is -0.457 e. The molecule has 0 atom stereocenters. The van der Waals surface area contributed by atoms with Crippen molar-refractivity contribution >= 4 is 18.0 Å². The number of hydrogen-bond donors (Lipinski definition) is 0. The van der Waals surface area contributed by atoms with Gasteiger partial charge in [0.15, 0.2) is 5.69 Å². The molecule has 0 amide bonds. The van der Waals surface area contributed by atoms with E-state index in [2.05, 4.69) is 5.10 Å². The molecule has 0 aliphatic heterocycles. The number of ether oxygens (including phenoxy) is 3. The number of aryl methyl sites for hydroxylation is 1. The van der Waals surface area contributed by atoms with Crippen LogP contribution in [0.3, 0.4) is 0 Å². The van der Waals surface area contributed by atoms with Gasteiger partial charge in [0.25, 0.3) is 0 Å². The van der Waals surface area contributed by atoms with Crippen LogP contribution in [0.1, 0.15) is 43.2 Å². The van der Waals surface area contributed by atoms with Crippen LogP contribution in [-0.4, -0.2) is 27.8 Å². The predicted molar refractivity (Wildman–Crippen MR) is 130 cm³/mol. The van der Waals surface area contributed by atoms with Gasteiger partial charge in [0, 0.05) is 0 Å². The van der Waals surface area contributed by atoms with Gasteiger partial charge in [0.2, 0.25) is 0 Å². The first-order valence-corrected chi connectivity index (χ1v) is 11.3. The molecule has 0 fully saturated rings. The van der Waals surface area contributed by atoms with Crippen LogP contribution < -0.4 is 0 Å². The van der Waals surface area contributed by atoms with E-state index in [4.69, 9.17) is 14.2 Å². The van der Waals surface area contributed by atoms with Gasteiger partial charge in [0.05, 0.1) is 5.69 Å². The van der Waals surface area contributed by atoms with Gasteiger partial charge >= 0.3 is 18.0 Å². The quantitative estimate of drug-likeness (QED) is 0.254. The molecule has 4 aromatic rings. The lowest BCUT2D eigenvalue weighted by Gasteiger charge is -2.10. The van der Waals surface area contributed by atoms with E-state index in [9.17, 15) is 14.4 Å². The van der Waals surface area contributed by atoms with E-state index in [-0.39, 0.29) is 36.8 Å². The topological polar surface area (TPSA) is 96.7 Å². The van der Waals surface area contributed by atoms with E-state index in [0.29, 0.717) is 0 Å². The Hall–Kier alpha value is -4.72. The van der Waals surface area contributed by atoms with E-state index in [0.717, 1.165) is 21.4 Å². The molecule has 0 bridgehead atoms. The fraction of sp³-hybridized carbons (Fsp3) is 0.143. The molecule has 8 nitrogen and oxygen atoms in total. The zero-order chi connectivity index (χ0) is 25.3. The smallest absolute Gasteiger partial charge is 0.435 e. The summed E-state index contributed by atoms with van der Waals surface area (Å²) < 4.78 is 16.9. The maximum absolute atomic E-state index is 13.1. The standard InChI is InChI=1S/C28H24N2O6/c1-20-24(26(31)34-17-21-11-5-2-6-12-21)25(27(32)35-18-22-13-7-3-8-14-22)30(29-20)28(33)36-19-23-15-9-4-10-16-23/h2-16H,17-19H2,1H3. The van der Waals surface area contributed by atoms with Crippen LogP contribution in [0.15, 0.2) is 91.0 Å². The van der Waals surface area contributed by atoms with Crippen molar-refractivity contribution in [1.82, 2.24) is 9.78 Å². The molecule has 0 saturated heterocycles. The van der Waals surface area contributed by atoms with Crippen molar-refractivity contribution in [1.29, 1.82) is 0 Å². The highest BCUT2D eigenvalue weighted by Gasteiger charge is 2.32. The lowest BCUT2D eigenvalue weighted by molar-refractivity contribution is 0.0414. The highest BCUT2D eigenvalue weighted by atomic mass is 16.6. The lowest BCUT2D eigenvalue weighted by Crippen LogP contribution is -2.23. The van der Waals surface area contributed by atoms with Crippen molar-refractivity contribution in [2.75, 3.05) is 0 Å². The molecule has 182 valence electrons. The molecule has 1 heterocycles. The lowest BCUT2D eigenvalue weighted by atomic mass is 10.2. The molecule has 0 radical (unpaired) electrons. The Bertz CT molecular complexity index is 1330. The summed E-state index contributed by atoms with van der Waals surface area (Å²) in [5.74, 6) is -1.70. The maximum atomic E-state index is 13.1. The number of carbonyl (C=O) groups excluding carboxylic acids is 3. The maximum Gasteiger partial charge on any atom is 0.435 e. The van der Waals surface area contributed by atoms with Crippen molar-refractivity contribution < 1.29 is 28.6 Å². The van der Waals surface area contributed by atoms with Gasteiger partial charge in [-0.25, -0.2) is 14.4 Å².